The van der Waals surface area contributed by atoms with Gasteiger partial charge in [-0.2, -0.15) is 0 Å². The molecule has 1 aromatic carbocycles. The van der Waals surface area contributed by atoms with E-state index in [2.05, 4.69) is 16.6 Å². The lowest BCUT2D eigenvalue weighted by Crippen LogP contribution is -2.19. The maximum absolute atomic E-state index is 11.4. The first kappa shape index (κ1) is 10.1. The lowest BCUT2D eigenvalue weighted by Gasteiger charge is -2.08. The second-order valence-corrected chi connectivity index (χ2v) is 2.68. The van der Waals surface area contributed by atoms with Crippen LogP contribution in [0.2, 0.25) is 0 Å². The summed E-state index contributed by atoms with van der Waals surface area (Å²) < 4.78 is 0. The number of hydrogen-bond acceptors (Lipinski definition) is 2. The molecule has 1 aromatic rings. The molecule has 1 rings (SSSR count). The van der Waals surface area contributed by atoms with Crippen LogP contribution in [0.5, 0.6) is 0 Å². The van der Waals surface area contributed by atoms with Crippen LogP contribution < -0.4 is 10.6 Å². The molecule has 0 unspecified atom stereocenters. The van der Waals surface area contributed by atoms with Gasteiger partial charge in [0.15, 0.2) is 0 Å². The fourth-order valence-corrected chi connectivity index (χ4v) is 1.12. The Morgan fingerprint density at radius 2 is 2.21 bits per heavy atom. The summed E-state index contributed by atoms with van der Waals surface area (Å²) in [5, 5.41) is 5.55. The number of terminal acetylenes is 1. The number of benzene rings is 1. The molecule has 0 radical (unpaired) electrons. The van der Waals surface area contributed by atoms with E-state index in [-0.39, 0.29) is 5.91 Å². The molecular formula is C11H12N2O. The Morgan fingerprint density at radius 3 is 2.86 bits per heavy atom. The molecule has 2 N–H and O–H groups in total. The van der Waals surface area contributed by atoms with E-state index in [1.165, 1.54) is 0 Å². The zero-order valence-corrected chi connectivity index (χ0v) is 8.00. The van der Waals surface area contributed by atoms with Crippen molar-refractivity contribution in [1.29, 1.82) is 0 Å². The van der Waals surface area contributed by atoms with Crippen molar-refractivity contribution in [1.82, 2.24) is 5.32 Å². The Kier molecular flexibility index (Phi) is 3.57. The minimum absolute atomic E-state index is 0.120. The lowest BCUT2D eigenvalue weighted by atomic mass is 10.1. The monoisotopic (exact) mass is 188 g/mol. The molecule has 3 heteroatoms. The molecule has 0 saturated carbocycles. The molecule has 0 aliphatic rings. The van der Waals surface area contributed by atoms with Crippen LogP contribution in [0.3, 0.4) is 0 Å². The summed E-state index contributed by atoms with van der Waals surface area (Å²) >= 11 is 0. The SMILES string of the molecule is C#CCNc1ccccc1C(=O)NC. The Bertz CT molecular complexity index is 366. The fourth-order valence-electron chi connectivity index (χ4n) is 1.12. The predicted molar refractivity (Wildman–Crippen MR) is 57.2 cm³/mol. The van der Waals surface area contributed by atoms with Crippen molar-refractivity contribution in [2.45, 2.75) is 0 Å². The third-order valence-corrected chi connectivity index (χ3v) is 1.78. The standard InChI is InChI=1S/C11H12N2O/c1-3-8-13-10-7-5-4-6-9(10)11(14)12-2/h1,4-7,13H,8H2,2H3,(H,12,14). The normalized spacial score (nSPS) is 8.86. The van der Waals surface area contributed by atoms with Gasteiger partial charge in [0.25, 0.3) is 5.91 Å². The quantitative estimate of drug-likeness (QED) is 0.697. The van der Waals surface area contributed by atoms with Crippen molar-refractivity contribution in [2.24, 2.45) is 0 Å². The van der Waals surface area contributed by atoms with Gasteiger partial charge in [-0.25, -0.2) is 0 Å². The average Bonchev–Trinajstić information content (AvgIpc) is 2.25. The number of nitrogens with one attached hydrogen (secondary N) is 2. The number of para-hydroxylation sites is 1. The van der Waals surface area contributed by atoms with Gasteiger partial charge in [0, 0.05) is 12.7 Å². The summed E-state index contributed by atoms with van der Waals surface area (Å²) in [6, 6.07) is 7.23. The summed E-state index contributed by atoms with van der Waals surface area (Å²) in [6.07, 6.45) is 5.12. The van der Waals surface area contributed by atoms with Crippen molar-refractivity contribution in [2.75, 3.05) is 18.9 Å². The highest BCUT2D eigenvalue weighted by molar-refractivity contribution is 5.99. The number of amides is 1. The van der Waals surface area contributed by atoms with Crippen LogP contribution in [-0.4, -0.2) is 19.5 Å². The zero-order valence-electron chi connectivity index (χ0n) is 8.00. The van der Waals surface area contributed by atoms with E-state index in [0.717, 1.165) is 5.69 Å². The molecule has 0 bridgehead atoms. The van der Waals surface area contributed by atoms with Crippen LogP contribution >= 0.6 is 0 Å². The molecule has 14 heavy (non-hydrogen) atoms. The summed E-state index contributed by atoms with van der Waals surface area (Å²) in [6.45, 7) is 0.411. The molecule has 0 aliphatic carbocycles. The van der Waals surface area contributed by atoms with Gasteiger partial charge in [-0.05, 0) is 12.1 Å². The molecule has 0 spiro atoms. The maximum Gasteiger partial charge on any atom is 0.253 e. The molecule has 0 fully saturated rings. The van der Waals surface area contributed by atoms with Crippen LogP contribution in [0.1, 0.15) is 10.4 Å². The van der Waals surface area contributed by atoms with Crippen LogP contribution in [0.15, 0.2) is 24.3 Å². The lowest BCUT2D eigenvalue weighted by molar-refractivity contribution is 0.0964. The number of anilines is 1. The zero-order chi connectivity index (χ0) is 10.4. The minimum atomic E-state index is -0.120. The van der Waals surface area contributed by atoms with E-state index in [0.29, 0.717) is 12.1 Å². The smallest absolute Gasteiger partial charge is 0.253 e. The summed E-state index contributed by atoms with van der Waals surface area (Å²) in [5.74, 6) is 2.34. The van der Waals surface area contributed by atoms with Crippen LogP contribution in [0.4, 0.5) is 5.69 Å². The maximum atomic E-state index is 11.4. The Labute approximate surface area is 83.5 Å². The van der Waals surface area contributed by atoms with E-state index < -0.39 is 0 Å². The van der Waals surface area contributed by atoms with Gasteiger partial charge in [0.1, 0.15) is 0 Å². The molecular weight excluding hydrogens is 176 g/mol. The third-order valence-electron chi connectivity index (χ3n) is 1.78. The molecule has 0 aromatic heterocycles. The van der Waals surface area contributed by atoms with E-state index in [4.69, 9.17) is 6.42 Å². The topological polar surface area (TPSA) is 41.1 Å². The molecule has 0 saturated heterocycles. The van der Waals surface area contributed by atoms with Crippen LogP contribution in [0.25, 0.3) is 0 Å². The molecule has 0 heterocycles. The molecule has 0 aliphatic heterocycles. The van der Waals surface area contributed by atoms with Gasteiger partial charge in [0.2, 0.25) is 0 Å². The van der Waals surface area contributed by atoms with Crippen molar-refractivity contribution < 1.29 is 4.79 Å². The molecule has 0 atom stereocenters. The van der Waals surface area contributed by atoms with E-state index in [1.807, 2.05) is 18.2 Å². The highest BCUT2D eigenvalue weighted by atomic mass is 16.1. The van der Waals surface area contributed by atoms with Crippen molar-refractivity contribution in [3.63, 3.8) is 0 Å². The molecule has 3 nitrogen and oxygen atoms in total. The summed E-state index contributed by atoms with van der Waals surface area (Å²) in [7, 11) is 1.60. The molecule has 1 amide bonds. The molecule has 72 valence electrons. The minimum Gasteiger partial charge on any atom is -0.373 e. The number of hydrogen-bond donors (Lipinski definition) is 2. The first-order valence-electron chi connectivity index (χ1n) is 4.28. The third kappa shape index (κ3) is 2.27. The first-order chi connectivity index (χ1) is 6.79. The summed E-state index contributed by atoms with van der Waals surface area (Å²) in [4.78, 5) is 11.4. The van der Waals surface area contributed by atoms with E-state index in [9.17, 15) is 4.79 Å². The van der Waals surface area contributed by atoms with E-state index >= 15 is 0 Å². The van der Waals surface area contributed by atoms with Crippen molar-refractivity contribution in [3.8, 4) is 12.3 Å². The summed E-state index contributed by atoms with van der Waals surface area (Å²) in [5.41, 5.74) is 1.36. The largest absolute Gasteiger partial charge is 0.373 e. The van der Waals surface area contributed by atoms with Crippen LogP contribution in [-0.2, 0) is 0 Å². The number of rotatable bonds is 3. The average molecular weight is 188 g/mol. The highest BCUT2D eigenvalue weighted by Gasteiger charge is 2.07. The van der Waals surface area contributed by atoms with Gasteiger partial charge in [-0.3, -0.25) is 4.79 Å². The van der Waals surface area contributed by atoms with Crippen molar-refractivity contribution in [3.05, 3.63) is 29.8 Å². The second-order valence-electron chi connectivity index (χ2n) is 2.68. The van der Waals surface area contributed by atoms with Gasteiger partial charge >= 0.3 is 0 Å². The fraction of sp³-hybridized carbons (Fsp3) is 0.182. The van der Waals surface area contributed by atoms with Gasteiger partial charge in [-0.15, -0.1) is 6.42 Å². The second kappa shape index (κ2) is 4.93. The Morgan fingerprint density at radius 1 is 1.50 bits per heavy atom. The van der Waals surface area contributed by atoms with Gasteiger partial charge < -0.3 is 10.6 Å². The Balaban J connectivity index is 2.92. The van der Waals surface area contributed by atoms with Gasteiger partial charge in [-0.1, -0.05) is 18.1 Å². The predicted octanol–water partition coefficient (Wildman–Crippen LogP) is 1.09. The van der Waals surface area contributed by atoms with Crippen molar-refractivity contribution >= 4 is 11.6 Å². The van der Waals surface area contributed by atoms with Gasteiger partial charge in [0.05, 0.1) is 12.1 Å². The highest BCUT2D eigenvalue weighted by Crippen LogP contribution is 2.13. The Hall–Kier alpha value is -1.95. The number of carbonyl (C=O) groups is 1. The number of carbonyl (C=O) groups excluding carboxylic acids is 1. The first-order valence-corrected chi connectivity index (χ1v) is 4.28. The van der Waals surface area contributed by atoms with Crippen LogP contribution in [0, 0.1) is 12.3 Å². The van der Waals surface area contributed by atoms with E-state index in [1.54, 1.807) is 13.1 Å².